The lowest BCUT2D eigenvalue weighted by Gasteiger charge is -2.31. The molecule has 7 heteroatoms. The number of hydrogen-bond acceptors (Lipinski definition) is 3. The van der Waals surface area contributed by atoms with Crippen molar-refractivity contribution in [3.8, 4) is 0 Å². The predicted octanol–water partition coefficient (Wildman–Crippen LogP) is 2.87. The van der Waals surface area contributed by atoms with Crippen LogP contribution in [0, 0.1) is 11.8 Å². The molecule has 0 saturated heterocycles. The van der Waals surface area contributed by atoms with Crippen LogP contribution in [0.25, 0.3) is 0 Å². The molecule has 0 radical (unpaired) electrons. The van der Waals surface area contributed by atoms with Gasteiger partial charge in [-0.2, -0.15) is 0 Å². The van der Waals surface area contributed by atoms with Crippen molar-refractivity contribution < 1.29 is 9.53 Å². The zero-order valence-electron chi connectivity index (χ0n) is 17.2. The van der Waals surface area contributed by atoms with Crippen LogP contribution in [0.1, 0.15) is 52.9 Å². The normalized spacial score (nSPS) is 20.5. The van der Waals surface area contributed by atoms with Crippen LogP contribution in [-0.4, -0.2) is 63.2 Å². The second kappa shape index (κ2) is 14.5. The number of carbonyl (C=O) groups is 1. The zero-order chi connectivity index (χ0) is 18.7. The molecule has 26 heavy (non-hydrogen) atoms. The number of aliphatic imine (C=N–C) groups is 1. The maximum atomic E-state index is 11.8. The highest BCUT2D eigenvalue weighted by Gasteiger charge is 2.22. The highest BCUT2D eigenvalue weighted by molar-refractivity contribution is 14.0. The van der Waals surface area contributed by atoms with E-state index in [9.17, 15) is 4.79 Å². The van der Waals surface area contributed by atoms with E-state index in [0.717, 1.165) is 32.1 Å². The van der Waals surface area contributed by atoms with E-state index in [1.165, 1.54) is 25.7 Å². The van der Waals surface area contributed by atoms with Crippen LogP contribution in [0.15, 0.2) is 4.99 Å². The molecule has 0 bridgehead atoms. The average Bonchev–Trinajstić information content (AvgIpc) is 2.56. The molecular formula is C19H39IN4O2. The van der Waals surface area contributed by atoms with Gasteiger partial charge in [0.2, 0.25) is 5.91 Å². The van der Waals surface area contributed by atoms with E-state index in [1.807, 2.05) is 0 Å². The molecule has 2 unspecified atom stereocenters. The van der Waals surface area contributed by atoms with Crippen molar-refractivity contribution in [1.29, 1.82) is 0 Å². The minimum Gasteiger partial charge on any atom is -0.381 e. The Morgan fingerprint density at radius 2 is 1.96 bits per heavy atom. The van der Waals surface area contributed by atoms with Crippen LogP contribution >= 0.6 is 24.0 Å². The lowest BCUT2D eigenvalue weighted by atomic mass is 9.86. The molecule has 0 spiro atoms. The molecule has 0 aromatic heterocycles. The number of carbonyl (C=O) groups excluding carboxylic acids is 1. The fourth-order valence-electron chi connectivity index (χ4n) is 2.85. The minimum atomic E-state index is 0. The first kappa shape index (κ1) is 25.4. The summed E-state index contributed by atoms with van der Waals surface area (Å²) in [4.78, 5) is 17.9. The lowest BCUT2D eigenvalue weighted by Crippen LogP contribution is -2.48. The molecule has 6 nitrogen and oxygen atoms in total. The van der Waals surface area contributed by atoms with Crippen LogP contribution in [0.5, 0.6) is 0 Å². The first-order valence-electron chi connectivity index (χ1n) is 9.73. The standard InChI is InChI=1S/C19H38N4O2.HI/c1-15(2)14-25-12-8-11-20-19(21-13-18(24)23(4)5)22-17-10-7-6-9-16(17)3;/h15-17H,6-14H2,1-5H3,(H2,20,21,22);1H. The summed E-state index contributed by atoms with van der Waals surface area (Å²) in [5.41, 5.74) is 0. The van der Waals surface area contributed by atoms with Gasteiger partial charge in [0, 0.05) is 39.9 Å². The molecule has 1 saturated carbocycles. The molecule has 0 aromatic rings. The first-order valence-corrected chi connectivity index (χ1v) is 9.73. The molecule has 1 fully saturated rings. The van der Waals surface area contributed by atoms with Crippen molar-refractivity contribution >= 4 is 35.8 Å². The van der Waals surface area contributed by atoms with Gasteiger partial charge in [-0.05, 0) is 31.1 Å². The van der Waals surface area contributed by atoms with Gasteiger partial charge in [0.15, 0.2) is 5.96 Å². The largest absolute Gasteiger partial charge is 0.381 e. The molecular weight excluding hydrogens is 443 g/mol. The number of ether oxygens (including phenoxy) is 1. The Morgan fingerprint density at radius 1 is 1.27 bits per heavy atom. The molecule has 1 aliphatic carbocycles. The van der Waals surface area contributed by atoms with E-state index < -0.39 is 0 Å². The minimum absolute atomic E-state index is 0. The number of likely N-dealkylation sites (N-methyl/N-ethyl adjacent to an activating group) is 1. The van der Waals surface area contributed by atoms with Gasteiger partial charge in [0.05, 0.1) is 0 Å². The first-order chi connectivity index (χ1) is 11.9. The van der Waals surface area contributed by atoms with E-state index in [-0.39, 0.29) is 36.4 Å². The van der Waals surface area contributed by atoms with Gasteiger partial charge in [-0.25, -0.2) is 4.99 Å². The van der Waals surface area contributed by atoms with Crippen molar-refractivity contribution in [2.24, 2.45) is 16.8 Å². The maximum Gasteiger partial charge on any atom is 0.243 e. The maximum absolute atomic E-state index is 11.8. The van der Waals surface area contributed by atoms with Gasteiger partial charge in [0.1, 0.15) is 6.54 Å². The third-order valence-electron chi connectivity index (χ3n) is 4.51. The van der Waals surface area contributed by atoms with Crippen LogP contribution in [0.3, 0.4) is 0 Å². The third kappa shape index (κ3) is 11.2. The summed E-state index contributed by atoms with van der Waals surface area (Å²) in [7, 11) is 3.52. The summed E-state index contributed by atoms with van der Waals surface area (Å²) < 4.78 is 5.61. The van der Waals surface area contributed by atoms with Crippen LogP contribution < -0.4 is 10.6 Å². The third-order valence-corrected chi connectivity index (χ3v) is 4.51. The predicted molar refractivity (Wildman–Crippen MR) is 119 cm³/mol. The van der Waals surface area contributed by atoms with E-state index in [4.69, 9.17) is 4.74 Å². The molecule has 1 aliphatic rings. The van der Waals surface area contributed by atoms with Gasteiger partial charge in [-0.3, -0.25) is 4.79 Å². The second-order valence-electron chi connectivity index (χ2n) is 7.71. The van der Waals surface area contributed by atoms with Crippen molar-refractivity contribution in [3.63, 3.8) is 0 Å². The van der Waals surface area contributed by atoms with Gasteiger partial charge >= 0.3 is 0 Å². The Balaban J connectivity index is 0.00000625. The second-order valence-corrected chi connectivity index (χ2v) is 7.71. The molecule has 1 rings (SSSR count). The van der Waals surface area contributed by atoms with Crippen LogP contribution in [-0.2, 0) is 9.53 Å². The molecule has 0 aliphatic heterocycles. The molecule has 154 valence electrons. The molecule has 0 aromatic carbocycles. The Hall–Kier alpha value is -0.570. The molecule has 0 heterocycles. The fraction of sp³-hybridized carbons (Fsp3) is 0.895. The Labute approximate surface area is 176 Å². The number of rotatable bonds is 9. The topological polar surface area (TPSA) is 66.0 Å². The lowest BCUT2D eigenvalue weighted by molar-refractivity contribution is -0.127. The summed E-state index contributed by atoms with van der Waals surface area (Å²) in [6.45, 7) is 9.11. The summed E-state index contributed by atoms with van der Waals surface area (Å²) in [5.74, 6) is 1.96. The van der Waals surface area contributed by atoms with Gasteiger partial charge in [-0.15, -0.1) is 24.0 Å². The van der Waals surface area contributed by atoms with Gasteiger partial charge < -0.3 is 20.3 Å². The van der Waals surface area contributed by atoms with Crippen LogP contribution in [0.2, 0.25) is 0 Å². The highest BCUT2D eigenvalue weighted by Crippen LogP contribution is 2.23. The monoisotopic (exact) mass is 482 g/mol. The average molecular weight is 482 g/mol. The van der Waals surface area contributed by atoms with E-state index in [1.54, 1.807) is 19.0 Å². The smallest absolute Gasteiger partial charge is 0.243 e. The van der Waals surface area contributed by atoms with E-state index in [2.05, 4.69) is 36.4 Å². The van der Waals surface area contributed by atoms with Gasteiger partial charge in [0.25, 0.3) is 0 Å². The Kier molecular flexibility index (Phi) is 14.2. The number of halogens is 1. The molecule has 2 atom stereocenters. The summed E-state index contributed by atoms with van der Waals surface area (Å²) in [6, 6.07) is 0.437. The van der Waals surface area contributed by atoms with Crippen molar-refractivity contribution in [3.05, 3.63) is 0 Å². The van der Waals surface area contributed by atoms with Gasteiger partial charge in [-0.1, -0.05) is 33.6 Å². The zero-order valence-corrected chi connectivity index (χ0v) is 19.5. The molecule has 1 amide bonds. The van der Waals surface area contributed by atoms with E-state index in [0.29, 0.717) is 17.9 Å². The quantitative estimate of drug-likeness (QED) is 0.230. The number of nitrogens with zero attached hydrogens (tertiary/aromatic N) is 2. The Morgan fingerprint density at radius 3 is 2.58 bits per heavy atom. The number of amides is 1. The van der Waals surface area contributed by atoms with Crippen LogP contribution in [0.4, 0.5) is 0 Å². The number of hydrogen-bond donors (Lipinski definition) is 2. The fourth-order valence-corrected chi connectivity index (χ4v) is 2.85. The van der Waals surface area contributed by atoms with E-state index >= 15 is 0 Å². The summed E-state index contributed by atoms with van der Waals surface area (Å²) >= 11 is 0. The highest BCUT2D eigenvalue weighted by atomic mass is 127. The SMILES string of the molecule is CC(C)COCCCNC(=NCC(=O)N(C)C)NC1CCCCC1C.I. The summed E-state index contributed by atoms with van der Waals surface area (Å²) in [5, 5.41) is 6.89. The number of nitrogens with one attached hydrogen (secondary N) is 2. The summed E-state index contributed by atoms with van der Waals surface area (Å²) in [6.07, 6.45) is 5.92. The molecule has 2 N–H and O–H groups in total. The Bertz CT molecular complexity index is 416. The van der Waals surface area contributed by atoms with Crippen molar-refractivity contribution in [1.82, 2.24) is 15.5 Å². The number of guanidine groups is 1. The van der Waals surface area contributed by atoms with Crippen molar-refractivity contribution in [2.45, 2.75) is 58.9 Å². The van der Waals surface area contributed by atoms with Crippen molar-refractivity contribution in [2.75, 3.05) is 40.4 Å².